The molecule has 0 spiro atoms. The Morgan fingerprint density at radius 3 is 2.74 bits per heavy atom. The number of aliphatic hydroxyl groups excluding tert-OH is 1. The molecule has 23 heavy (non-hydrogen) atoms. The number of hydrogen-bond donors (Lipinski definition) is 1. The normalized spacial score (nSPS) is 23.4. The molecule has 2 aliphatic heterocycles. The summed E-state index contributed by atoms with van der Waals surface area (Å²) >= 11 is 0. The summed E-state index contributed by atoms with van der Waals surface area (Å²) in [6.07, 6.45) is 0.563. The summed E-state index contributed by atoms with van der Waals surface area (Å²) in [4.78, 5) is 19.8. The van der Waals surface area contributed by atoms with Crippen molar-refractivity contribution in [2.24, 2.45) is 0 Å². The molecule has 3 rings (SSSR count). The summed E-state index contributed by atoms with van der Waals surface area (Å²) in [5.41, 5.74) is 2.45. The molecule has 0 aromatic heterocycles. The third-order valence-corrected chi connectivity index (χ3v) is 4.48. The van der Waals surface area contributed by atoms with Gasteiger partial charge in [0.15, 0.2) is 7.11 Å². The van der Waals surface area contributed by atoms with Crippen molar-refractivity contribution in [2.75, 3.05) is 44.9 Å². The van der Waals surface area contributed by atoms with Crippen LogP contribution >= 0.6 is 0 Å². The van der Waals surface area contributed by atoms with Crippen molar-refractivity contribution in [1.29, 1.82) is 0 Å². The summed E-state index contributed by atoms with van der Waals surface area (Å²) in [6.45, 7) is 6.40. The predicted molar refractivity (Wildman–Crippen MR) is 84.3 cm³/mol. The van der Waals surface area contributed by atoms with E-state index in [1.807, 2.05) is 19.9 Å². The number of hydrogen-bond acceptors (Lipinski definition) is 6. The standard InChI is InChI=1S/C16H23N2O5/c1-11-14(17-4-6-22-7-5-17)13(18(20)21-3)8-12-9-16(2,10-19)23-15(11)12/h8,19H,4-7,9-10H2,1-3H3/q+1. The minimum atomic E-state index is -0.644. The fourth-order valence-electron chi connectivity index (χ4n) is 3.31. The summed E-state index contributed by atoms with van der Waals surface area (Å²) in [6, 6.07) is 1.81. The fourth-order valence-corrected chi connectivity index (χ4v) is 3.31. The smallest absolute Gasteiger partial charge is 0.340 e. The second kappa shape index (κ2) is 5.98. The van der Waals surface area contributed by atoms with E-state index >= 15 is 0 Å². The summed E-state index contributed by atoms with van der Waals surface area (Å²) < 4.78 is 11.4. The Morgan fingerprint density at radius 2 is 2.13 bits per heavy atom. The first-order valence-corrected chi connectivity index (χ1v) is 7.79. The highest BCUT2D eigenvalue weighted by Crippen LogP contribution is 2.46. The van der Waals surface area contributed by atoms with Gasteiger partial charge < -0.3 is 19.5 Å². The molecule has 1 atom stereocenters. The van der Waals surface area contributed by atoms with Crippen LogP contribution in [0.5, 0.6) is 5.75 Å². The molecule has 1 N–H and O–H groups in total. The highest BCUT2D eigenvalue weighted by Gasteiger charge is 2.40. The third kappa shape index (κ3) is 2.74. The number of fused-ring (bicyclic) bond motifs is 1. The Kier molecular flexibility index (Phi) is 4.16. The fraction of sp³-hybridized carbons (Fsp3) is 0.625. The molecular formula is C16H23N2O5+. The maximum atomic E-state index is 12.2. The molecule has 0 saturated carbocycles. The van der Waals surface area contributed by atoms with Crippen LogP contribution in [0.25, 0.3) is 0 Å². The highest BCUT2D eigenvalue weighted by atomic mass is 16.8. The monoisotopic (exact) mass is 323 g/mol. The van der Waals surface area contributed by atoms with E-state index in [9.17, 15) is 10.0 Å². The van der Waals surface area contributed by atoms with Crippen LogP contribution in [0.2, 0.25) is 0 Å². The number of aliphatic hydroxyl groups is 1. The van der Waals surface area contributed by atoms with E-state index in [0.29, 0.717) is 43.3 Å². The van der Waals surface area contributed by atoms with Crippen molar-refractivity contribution < 1.29 is 24.3 Å². The molecular weight excluding hydrogens is 300 g/mol. The minimum Gasteiger partial charge on any atom is -0.484 e. The maximum absolute atomic E-state index is 12.2. The molecule has 1 aromatic rings. The van der Waals surface area contributed by atoms with Gasteiger partial charge in [-0.2, -0.15) is 0 Å². The minimum absolute atomic E-state index is 0.0747. The Bertz CT molecular complexity index is 627. The lowest BCUT2D eigenvalue weighted by molar-refractivity contribution is -0.736. The van der Waals surface area contributed by atoms with Gasteiger partial charge in [0.2, 0.25) is 0 Å². The molecule has 1 unspecified atom stereocenters. The Balaban J connectivity index is 2.11. The van der Waals surface area contributed by atoms with Crippen LogP contribution in [0.4, 0.5) is 11.4 Å². The molecule has 0 amide bonds. The van der Waals surface area contributed by atoms with E-state index in [2.05, 4.69) is 4.90 Å². The van der Waals surface area contributed by atoms with Crippen molar-refractivity contribution in [2.45, 2.75) is 25.9 Å². The van der Waals surface area contributed by atoms with E-state index < -0.39 is 5.60 Å². The summed E-state index contributed by atoms with van der Waals surface area (Å²) in [5.74, 6) is 0.760. The van der Waals surface area contributed by atoms with Crippen LogP contribution in [-0.2, 0) is 16.0 Å². The van der Waals surface area contributed by atoms with Gasteiger partial charge in [-0.05, 0) is 13.8 Å². The molecule has 1 aromatic carbocycles. The van der Waals surface area contributed by atoms with Crippen molar-refractivity contribution in [3.05, 3.63) is 22.1 Å². The lowest BCUT2D eigenvalue weighted by Crippen LogP contribution is -2.37. The van der Waals surface area contributed by atoms with Crippen LogP contribution in [0.1, 0.15) is 18.1 Å². The van der Waals surface area contributed by atoms with Crippen molar-refractivity contribution >= 4 is 11.4 Å². The molecule has 1 fully saturated rings. The average molecular weight is 323 g/mol. The molecule has 1 saturated heterocycles. The molecule has 2 aliphatic rings. The van der Waals surface area contributed by atoms with Gasteiger partial charge in [0.05, 0.1) is 24.7 Å². The molecule has 126 valence electrons. The van der Waals surface area contributed by atoms with Crippen LogP contribution in [0.15, 0.2) is 6.07 Å². The molecule has 0 bridgehead atoms. The van der Waals surface area contributed by atoms with Crippen LogP contribution in [-0.4, -0.2) is 55.7 Å². The Labute approximate surface area is 135 Å². The number of rotatable bonds is 4. The lowest BCUT2D eigenvalue weighted by atomic mass is 9.97. The van der Waals surface area contributed by atoms with Gasteiger partial charge in [0.1, 0.15) is 17.0 Å². The summed E-state index contributed by atoms with van der Waals surface area (Å²) in [5, 5.41) is 9.58. The Morgan fingerprint density at radius 1 is 1.43 bits per heavy atom. The van der Waals surface area contributed by atoms with E-state index in [-0.39, 0.29) is 6.61 Å². The van der Waals surface area contributed by atoms with E-state index in [0.717, 1.165) is 22.6 Å². The number of benzene rings is 1. The third-order valence-electron chi connectivity index (χ3n) is 4.48. The lowest BCUT2D eigenvalue weighted by Gasteiger charge is -2.30. The maximum Gasteiger partial charge on any atom is 0.340 e. The zero-order chi connectivity index (χ0) is 16.6. The van der Waals surface area contributed by atoms with Crippen LogP contribution < -0.4 is 9.64 Å². The first-order valence-electron chi connectivity index (χ1n) is 7.79. The van der Waals surface area contributed by atoms with Gasteiger partial charge in [-0.3, -0.25) is 0 Å². The van der Waals surface area contributed by atoms with Gasteiger partial charge in [-0.25, -0.2) is 4.84 Å². The highest BCUT2D eigenvalue weighted by molar-refractivity contribution is 5.74. The van der Waals surface area contributed by atoms with Gasteiger partial charge >= 0.3 is 5.69 Å². The Hall–Kier alpha value is -1.86. The van der Waals surface area contributed by atoms with Crippen LogP contribution in [0, 0.1) is 11.8 Å². The predicted octanol–water partition coefficient (Wildman–Crippen LogP) is 1.49. The number of nitrogens with zero attached hydrogens (tertiary/aromatic N) is 2. The van der Waals surface area contributed by atoms with E-state index in [1.165, 1.54) is 7.11 Å². The van der Waals surface area contributed by atoms with Gasteiger partial charge in [0, 0.05) is 36.7 Å². The molecule has 0 radical (unpaired) electrons. The molecule has 7 nitrogen and oxygen atoms in total. The molecule has 0 aliphatic carbocycles. The average Bonchev–Trinajstić information content (AvgIpc) is 2.92. The van der Waals surface area contributed by atoms with Gasteiger partial charge in [-0.15, -0.1) is 0 Å². The topological polar surface area (TPSA) is 71.2 Å². The zero-order valence-corrected chi connectivity index (χ0v) is 13.8. The number of ether oxygens (including phenoxy) is 2. The van der Waals surface area contributed by atoms with E-state index in [4.69, 9.17) is 14.3 Å². The first kappa shape index (κ1) is 16.0. The largest absolute Gasteiger partial charge is 0.484 e. The SMILES string of the molecule is CO[N+](=O)c1cc2c(c(C)c1N1CCOCC1)OC(C)(CO)C2. The second-order valence-corrected chi connectivity index (χ2v) is 6.28. The van der Waals surface area contributed by atoms with Gasteiger partial charge in [0.25, 0.3) is 4.92 Å². The number of anilines is 1. The van der Waals surface area contributed by atoms with Crippen molar-refractivity contribution in [3.8, 4) is 5.75 Å². The quantitative estimate of drug-likeness (QED) is 0.847. The van der Waals surface area contributed by atoms with Crippen molar-refractivity contribution in [1.82, 2.24) is 0 Å². The van der Waals surface area contributed by atoms with Gasteiger partial charge in [-0.1, -0.05) is 0 Å². The first-order chi connectivity index (χ1) is 11.0. The van der Waals surface area contributed by atoms with Crippen LogP contribution in [0.3, 0.4) is 0 Å². The molecule has 7 heteroatoms. The molecule has 2 heterocycles. The zero-order valence-electron chi connectivity index (χ0n) is 13.8. The number of morpholine rings is 1. The van der Waals surface area contributed by atoms with Crippen molar-refractivity contribution in [3.63, 3.8) is 0 Å². The summed E-state index contributed by atoms with van der Waals surface area (Å²) in [7, 11) is 1.35. The second-order valence-electron chi connectivity index (χ2n) is 6.28. The van der Waals surface area contributed by atoms with E-state index in [1.54, 1.807) is 0 Å².